The molecular weight excluding hydrogens is 294 g/mol. The Labute approximate surface area is 134 Å². The first-order valence-corrected chi connectivity index (χ1v) is 7.91. The van der Waals surface area contributed by atoms with Crippen LogP contribution in [-0.2, 0) is 0 Å². The molecule has 0 saturated carbocycles. The van der Waals surface area contributed by atoms with Crippen molar-refractivity contribution in [1.82, 2.24) is 20.3 Å². The van der Waals surface area contributed by atoms with Crippen molar-refractivity contribution in [2.24, 2.45) is 5.73 Å². The summed E-state index contributed by atoms with van der Waals surface area (Å²) < 4.78 is 5.92. The Morgan fingerprint density at radius 2 is 2.00 bits per heavy atom. The molecule has 1 aromatic carbocycles. The van der Waals surface area contributed by atoms with Crippen LogP contribution in [0.3, 0.4) is 0 Å². The number of carbonyl (C=O) groups is 1. The first-order chi connectivity index (χ1) is 11.3. The number of rotatable bonds is 6. The smallest absolute Gasteiger partial charge is 0.271 e. The van der Waals surface area contributed by atoms with Gasteiger partial charge < -0.3 is 10.5 Å². The minimum atomic E-state index is -0.614. The van der Waals surface area contributed by atoms with Crippen LogP contribution in [0.25, 0.3) is 11.3 Å². The van der Waals surface area contributed by atoms with Crippen LogP contribution < -0.4 is 10.5 Å². The third-order valence-corrected chi connectivity index (χ3v) is 4.04. The topological polar surface area (TPSA) is 97.1 Å². The second-order valence-electron chi connectivity index (χ2n) is 5.63. The molecule has 0 unspecified atom stereocenters. The first kappa shape index (κ1) is 15.5. The fraction of sp³-hybridized carbons (Fsp3) is 0.438. The molecular formula is C16H21N5O2. The number of aromatic amines is 1. The molecule has 0 atom stereocenters. The molecule has 1 aromatic heterocycles. The molecule has 1 saturated heterocycles. The Morgan fingerprint density at radius 3 is 2.78 bits per heavy atom. The molecule has 1 aliphatic heterocycles. The third-order valence-electron chi connectivity index (χ3n) is 4.04. The summed E-state index contributed by atoms with van der Waals surface area (Å²) in [6.07, 6.45) is 3.84. The van der Waals surface area contributed by atoms with Gasteiger partial charge in [0.15, 0.2) is 5.69 Å². The maximum Gasteiger partial charge on any atom is 0.271 e. The molecule has 2 aromatic rings. The van der Waals surface area contributed by atoms with E-state index in [2.05, 4.69) is 20.3 Å². The SMILES string of the molecule is NC(=O)c1n[nH]nc1-c1ccccc1OCCN1CCCCC1. The zero-order valence-electron chi connectivity index (χ0n) is 13.0. The van der Waals surface area contributed by atoms with Gasteiger partial charge >= 0.3 is 0 Å². The maximum atomic E-state index is 11.4. The maximum absolute atomic E-state index is 11.4. The molecule has 3 N–H and O–H groups in total. The Morgan fingerprint density at radius 1 is 1.22 bits per heavy atom. The average molecular weight is 315 g/mol. The van der Waals surface area contributed by atoms with E-state index in [4.69, 9.17) is 10.5 Å². The highest BCUT2D eigenvalue weighted by Crippen LogP contribution is 2.29. The number of hydrogen-bond donors (Lipinski definition) is 2. The molecule has 1 aliphatic rings. The second kappa shape index (κ2) is 7.23. The Bertz CT molecular complexity index is 664. The van der Waals surface area contributed by atoms with Crippen molar-refractivity contribution >= 4 is 5.91 Å². The Hall–Kier alpha value is -2.41. The molecule has 23 heavy (non-hydrogen) atoms. The van der Waals surface area contributed by atoms with Crippen LogP contribution in [0.2, 0.25) is 0 Å². The fourth-order valence-corrected chi connectivity index (χ4v) is 2.85. The predicted molar refractivity (Wildman–Crippen MR) is 86.1 cm³/mol. The first-order valence-electron chi connectivity index (χ1n) is 7.91. The summed E-state index contributed by atoms with van der Waals surface area (Å²) in [6, 6.07) is 7.47. The number of benzene rings is 1. The number of nitrogens with zero attached hydrogens (tertiary/aromatic N) is 3. The van der Waals surface area contributed by atoms with Crippen molar-refractivity contribution in [3.63, 3.8) is 0 Å². The number of aromatic nitrogens is 3. The van der Waals surface area contributed by atoms with E-state index >= 15 is 0 Å². The van der Waals surface area contributed by atoms with E-state index in [-0.39, 0.29) is 5.69 Å². The van der Waals surface area contributed by atoms with Gasteiger partial charge in [-0.15, -0.1) is 0 Å². The molecule has 0 aliphatic carbocycles. The van der Waals surface area contributed by atoms with Crippen molar-refractivity contribution in [3.8, 4) is 17.0 Å². The summed E-state index contributed by atoms with van der Waals surface area (Å²) in [6.45, 7) is 3.77. The highest BCUT2D eigenvalue weighted by Gasteiger charge is 2.18. The Kier molecular flexibility index (Phi) is 4.87. The number of carbonyl (C=O) groups excluding carboxylic acids is 1. The second-order valence-corrected chi connectivity index (χ2v) is 5.63. The van der Waals surface area contributed by atoms with Gasteiger partial charge in [-0.3, -0.25) is 9.69 Å². The van der Waals surface area contributed by atoms with Gasteiger partial charge in [0.1, 0.15) is 18.1 Å². The molecule has 1 fully saturated rings. The van der Waals surface area contributed by atoms with Crippen LogP contribution in [0.1, 0.15) is 29.8 Å². The van der Waals surface area contributed by atoms with Gasteiger partial charge in [0, 0.05) is 12.1 Å². The number of H-pyrrole nitrogens is 1. The van der Waals surface area contributed by atoms with Gasteiger partial charge in [0.25, 0.3) is 5.91 Å². The van der Waals surface area contributed by atoms with Gasteiger partial charge in [-0.25, -0.2) is 0 Å². The summed E-state index contributed by atoms with van der Waals surface area (Å²) in [5, 5.41) is 10.3. The van der Waals surface area contributed by atoms with Crippen LogP contribution in [0.5, 0.6) is 5.75 Å². The number of hydrogen-bond acceptors (Lipinski definition) is 5. The van der Waals surface area contributed by atoms with Crippen molar-refractivity contribution in [1.29, 1.82) is 0 Å². The van der Waals surface area contributed by atoms with Crippen molar-refractivity contribution < 1.29 is 9.53 Å². The summed E-state index contributed by atoms with van der Waals surface area (Å²) in [5.41, 5.74) is 6.60. The summed E-state index contributed by atoms with van der Waals surface area (Å²) in [4.78, 5) is 13.9. The van der Waals surface area contributed by atoms with Gasteiger partial charge in [-0.1, -0.05) is 18.6 Å². The summed E-state index contributed by atoms with van der Waals surface area (Å²) in [7, 11) is 0. The molecule has 2 heterocycles. The van der Waals surface area contributed by atoms with Crippen LogP contribution in [-0.4, -0.2) is 52.5 Å². The quantitative estimate of drug-likeness (QED) is 0.840. The number of nitrogens with one attached hydrogen (secondary N) is 1. The lowest BCUT2D eigenvalue weighted by Crippen LogP contribution is -2.33. The average Bonchev–Trinajstić information content (AvgIpc) is 3.06. The van der Waals surface area contributed by atoms with E-state index < -0.39 is 5.91 Å². The standard InChI is InChI=1S/C16H21N5O2/c17-16(22)15-14(18-20-19-15)12-6-2-3-7-13(12)23-11-10-21-8-4-1-5-9-21/h2-3,6-7H,1,4-5,8-11H2,(H2,17,22)(H,18,19,20). The zero-order chi connectivity index (χ0) is 16.1. The number of ether oxygens (including phenoxy) is 1. The normalized spacial score (nSPS) is 15.5. The number of likely N-dealkylation sites (tertiary alicyclic amines) is 1. The minimum Gasteiger partial charge on any atom is -0.492 e. The largest absolute Gasteiger partial charge is 0.492 e. The van der Waals surface area contributed by atoms with E-state index in [1.54, 1.807) is 0 Å². The molecule has 0 radical (unpaired) electrons. The summed E-state index contributed by atoms with van der Waals surface area (Å²) >= 11 is 0. The van der Waals surface area contributed by atoms with E-state index in [0.29, 0.717) is 23.6 Å². The minimum absolute atomic E-state index is 0.122. The highest BCUT2D eigenvalue weighted by atomic mass is 16.5. The lowest BCUT2D eigenvalue weighted by Gasteiger charge is -2.26. The predicted octanol–water partition coefficient (Wildman–Crippen LogP) is 1.44. The number of piperidine rings is 1. The van der Waals surface area contributed by atoms with Crippen LogP contribution in [0.15, 0.2) is 24.3 Å². The summed E-state index contributed by atoms with van der Waals surface area (Å²) in [5.74, 6) is 0.0674. The molecule has 7 nitrogen and oxygen atoms in total. The van der Waals surface area contributed by atoms with E-state index in [0.717, 1.165) is 19.6 Å². The van der Waals surface area contributed by atoms with Gasteiger partial charge in [0.2, 0.25) is 0 Å². The lowest BCUT2D eigenvalue weighted by molar-refractivity contribution is 0.0996. The van der Waals surface area contributed by atoms with E-state index in [9.17, 15) is 4.79 Å². The zero-order valence-corrected chi connectivity index (χ0v) is 13.0. The molecule has 3 rings (SSSR count). The van der Waals surface area contributed by atoms with Crippen LogP contribution in [0.4, 0.5) is 0 Å². The lowest BCUT2D eigenvalue weighted by atomic mass is 10.1. The number of amides is 1. The van der Waals surface area contributed by atoms with Gasteiger partial charge in [0.05, 0.1) is 0 Å². The number of primary amides is 1. The van der Waals surface area contributed by atoms with Crippen molar-refractivity contribution in [2.75, 3.05) is 26.2 Å². The molecule has 7 heteroatoms. The molecule has 0 bridgehead atoms. The molecule has 0 spiro atoms. The number of para-hydroxylation sites is 1. The fourth-order valence-electron chi connectivity index (χ4n) is 2.85. The van der Waals surface area contributed by atoms with Crippen LogP contribution >= 0.6 is 0 Å². The molecule has 1 amide bonds. The van der Waals surface area contributed by atoms with Crippen molar-refractivity contribution in [3.05, 3.63) is 30.0 Å². The van der Waals surface area contributed by atoms with E-state index in [1.165, 1.54) is 19.3 Å². The van der Waals surface area contributed by atoms with Crippen molar-refractivity contribution in [2.45, 2.75) is 19.3 Å². The third kappa shape index (κ3) is 3.68. The van der Waals surface area contributed by atoms with Crippen LogP contribution in [0, 0.1) is 0 Å². The highest BCUT2D eigenvalue weighted by molar-refractivity contribution is 5.97. The monoisotopic (exact) mass is 315 g/mol. The molecule has 122 valence electrons. The van der Waals surface area contributed by atoms with Gasteiger partial charge in [-0.05, 0) is 38.1 Å². The number of nitrogens with two attached hydrogens (primary N) is 1. The van der Waals surface area contributed by atoms with Gasteiger partial charge in [-0.2, -0.15) is 15.4 Å². The van der Waals surface area contributed by atoms with E-state index in [1.807, 2.05) is 24.3 Å². The Balaban J connectivity index is 1.70.